The van der Waals surface area contributed by atoms with Gasteiger partial charge in [0.1, 0.15) is 5.75 Å². The van der Waals surface area contributed by atoms with Gasteiger partial charge in [-0.05, 0) is 25.8 Å². The quantitative estimate of drug-likeness (QED) is 0.734. The third-order valence-corrected chi connectivity index (χ3v) is 2.78. The Labute approximate surface area is 101 Å². The van der Waals surface area contributed by atoms with Crippen molar-refractivity contribution in [2.45, 2.75) is 32.3 Å². The minimum Gasteiger partial charge on any atom is -0.492 e. The largest absolute Gasteiger partial charge is 0.492 e. The summed E-state index contributed by atoms with van der Waals surface area (Å²) in [5.41, 5.74) is 0.603. The molecule has 0 radical (unpaired) electrons. The van der Waals surface area contributed by atoms with Crippen molar-refractivity contribution >= 4 is 5.78 Å². The number of hydrogen-bond acceptors (Lipinski definition) is 4. The molecule has 0 saturated carbocycles. The van der Waals surface area contributed by atoms with E-state index in [1.165, 1.54) is 0 Å². The monoisotopic (exact) mass is 235 g/mol. The molecule has 1 atom stereocenters. The predicted octanol–water partition coefficient (Wildman–Crippen LogP) is 2.23. The molecule has 1 aliphatic heterocycles. The molecule has 1 unspecified atom stereocenters. The first-order chi connectivity index (χ1) is 8.29. The van der Waals surface area contributed by atoms with Crippen molar-refractivity contribution in [3.8, 4) is 5.75 Å². The van der Waals surface area contributed by atoms with Crippen LogP contribution in [0, 0.1) is 0 Å². The van der Waals surface area contributed by atoms with E-state index in [0.717, 1.165) is 19.4 Å². The average Bonchev–Trinajstić information content (AvgIpc) is 2.83. The molecule has 4 nitrogen and oxygen atoms in total. The van der Waals surface area contributed by atoms with E-state index in [1.807, 2.05) is 6.92 Å². The van der Waals surface area contributed by atoms with Gasteiger partial charge in [0.05, 0.1) is 18.9 Å². The van der Waals surface area contributed by atoms with Crippen molar-refractivity contribution < 1.29 is 14.3 Å². The van der Waals surface area contributed by atoms with Crippen LogP contribution < -0.4 is 4.74 Å². The second-order valence-corrected chi connectivity index (χ2v) is 4.10. The highest BCUT2D eigenvalue weighted by Crippen LogP contribution is 2.19. The van der Waals surface area contributed by atoms with Crippen LogP contribution in [0.4, 0.5) is 0 Å². The van der Waals surface area contributed by atoms with Gasteiger partial charge in [-0.2, -0.15) is 0 Å². The van der Waals surface area contributed by atoms with E-state index in [2.05, 4.69) is 4.98 Å². The molecule has 1 aromatic heterocycles. The standard InChI is InChI=1S/C13H17NO3/c1-2-16-12-6-10(8-14-9-12)13(15)7-11-4-3-5-17-11/h6,8-9,11H,2-5,7H2,1H3. The van der Waals surface area contributed by atoms with E-state index >= 15 is 0 Å². The number of pyridine rings is 1. The third-order valence-electron chi connectivity index (χ3n) is 2.78. The SMILES string of the molecule is CCOc1cncc(C(=O)CC2CCCO2)c1. The van der Waals surface area contributed by atoms with Crippen LogP contribution >= 0.6 is 0 Å². The first-order valence-corrected chi connectivity index (χ1v) is 6.02. The van der Waals surface area contributed by atoms with Gasteiger partial charge in [-0.15, -0.1) is 0 Å². The summed E-state index contributed by atoms with van der Waals surface area (Å²) in [5.74, 6) is 0.719. The maximum absolute atomic E-state index is 12.0. The Balaban J connectivity index is 1.99. The summed E-state index contributed by atoms with van der Waals surface area (Å²) in [7, 11) is 0. The van der Waals surface area contributed by atoms with Gasteiger partial charge in [0.15, 0.2) is 5.78 Å². The Morgan fingerprint density at radius 1 is 1.59 bits per heavy atom. The molecule has 0 bridgehead atoms. The van der Waals surface area contributed by atoms with E-state index in [0.29, 0.717) is 24.3 Å². The van der Waals surface area contributed by atoms with Crippen molar-refractivity contribution in [3.05, 3.63) is 24.0 Å². The number of rotatable bonds is 5. The molecule has 4 heteroatoms. The van der Waals surface area contributed by atoms with Crippen LogP contribution in [0.1, 0.15) is 36.5 Å². The van der Waals surface area contributed by atoms with Crippen molar-refractivity contribution in [1.29, 1.82) is 0 Å². The minimum absolute atomic E-state index is 0.0750. The smallest absolute Gasteiger partial charge is 0.167 e. The molecule has 0 N–H and O–H groups in total. The zero-order valence-corrected chi connectivity index (χ0v) is 10.0. The highest BCUT2D eigenvalue weighted by atomic mass is 16.5. The number of carbonyl (C=O) groups excluding carboxylic acids is 1. The fourth-order valence-electron chi connectivity index (χ4n) is 1.95. The lowest BCUT2D eigenvalue weighted by Gasteiger charge is -2.08. The molecule has 1 aliphatic rings. The summed E-state index contributed by atoms with van der Waals surface area (Å²) >= 11 is 0. The Morgan fingerprint density at radius 2 is 2.47 bits per heavy atom. The van der Waals surface area contributed by atoms with E-state index < -0.39 is 0 Å². The highest BCUT2D eigenvalue weighted by Gasteiger charge is 2.20. The lowest BCUT2D eigenvalue weighted by atomic mass is 10.1. The number of ketones is 1. The summed E-state index contributed by atoms with van der Waals surface area (Å²) in [6.45, 7) is 3.25. The number of aromatic nitrogens is 1. The molecular weight excluding hydrogens is 218 g/mol. The lowest BCUT2D eigenvalue weighted by Crippen LogP contribution is -2.12. The maximum Gasteiger partial charge on any atom is 0.167 e. The molecule has 1 saturated heterocycles. The van der Waals surface area contributed by atoms with Crippen LogP contribution in [0.2, 0.25) is 0 Å². The minimum atomic E-state index is 0.0750. The van der Waals surface area contributed by atoms with Gasteiger partial charge in [-0.25, -0.2) is 0 Å². The average molecular weight is 235 g/mol. The Hall–Kier alpha value is -1.42. The van der Waals surface area contributed by atoms with Crippen molar-refractivity contribution in [2.24, 2.45) is 0 Å². The van der Waals surface area contributed by atoms with Crippen LogP contribution in [0.5, 0.6) is 5.75 Å². The second-order valence-electron chi connectivity index (χ2n) is 4.10. The van der Waals surface area contributed by atoms with E-state index in [9.17, 15) is 4.79 Å². The van der Waals surface area contributed by atoms with Gasteiger partial charge in [0.25, 0.3) is 0 Å². The number of hydrogen-bond donors (Lipinski definition) is 0. The predicted molar refractivity (Wildman–Crippen MR) is 63.3 cm³/mol. The highest BCUT2D eigenvalue weighted by molar-refractivity contribution is 5.96. The number of carbonyl (C=O) groups is 1. The molecule has 0 aliphatic carbocycles. The van der Waals surface area contributed by atoms with Gasteiger partial charge in [0, 0.05) is 24.8 Å². The number of nitrogens with zero attached hydrogens (tertiary/aromatic N) is 1. The molecule has 0 aromatic carbocycles. The molecule has 0 spiro atoms. The molecule has 92 valence electrons. The van der Waals surface area contributed by atoms with Gasteiger partial charge in [0.2, 0.25) is 0 Å². The Morgan fingerprint density at radius 3 is 3.18 bits per heavy atom. The molecule has 17 heavy (non-hydrogen) atoms. The molecule has 2 rings (SSSR count). The lowest BCUT2D eigenvalue weighted by molar-refractivity contribution is 0.0775. The molecule has 2 heterocycles. The molecule has 0 amide bonds. The normalized spacial score (nSPS) is 19.2. The van der Waals surface area contributed by atoms with Crippen LogP contribution in [0.25, 0.3) is 0 Å². The summed E-state index contributed by atoms with van der Waals surface area (Å²) < 4.78 is 10.8. The zero-order chi connectivity index (χ0) is 12.1. The second kappa shape index (κ2) is 5.77. The summed E-state index contributed by atoms with van der Waals surface area (Å²) in [4.78, 5) is 16.0. The summed E-state index contributed by atoms with van der Waals surface area (Å²) in [6.07, 6.45) is 5.75. The summed E-state index contributed by atoms with van der Waals surface area (Å²) in [6, 6.07) is 1.74. The van der Waals surface area contributed by atoms with Crippen LogP contribution in [0.3, 0.4) is 0 Å². The third kappa shape index (κ3) is 3.27. The van der Waals surface area contributed by atoms with E-state index in [1.54, 1.807) is 18.5 Å². The first kappa shape index (κ1) is 12.0. The molecule has 1 aromatic rings. The summed E-state index contributed by atoms with van der Waals surface area (Å²) in [5, 5.41) is 0. The molecular formula is C13H17NO3. The maximum atomic E-state index is 12.0. The van der Waals surface area contributed by atoms with Crippen molar-refractivity contribution in [1.82, 2.24) is 4.98 Å². The first-order valence-electron chi connectivity index (χ1n) is 6.02. The van der Waals surface area contributed by atoms with Gasteiger partial charge >= 0.3 is 0 Å². The topological polar surface area (TPSA) is 48.4 Å². The van der Waals surface area contributed by atoms with Gasteiger partial charge in [-0.3, -0.25) is 9.78 Å². The number of ether oxygens (including phenoxy) is 2. The van der Waals surface area contributed by atoms with E-state index in [-0.39, 0.29) is 11.9 Å². The van der Waals surface area contributed by atoms with Crippen molar-refractivity contribution in [3.63, 3.8) is 0 Å². The van der Waals surface area contributed by atoms with Gasteiger partial charge in [-0.1, -0.05) is 0 Å². The van der Waals surface area contributed by atoms with Gasteiger partial charge < -0.3 is 9.47 Å². The zero-order valence-electron chi connectivity index (χ0n) is 10.0. The Bertz CT molecular complexity index is 386. The van der Waals surface area contributed by atoms with Crippen LogP contribution in [0.15, 0.2) is 18.5 Å². The van der Waals surface area contributed by atoms with Crippen molar-refractivity contribution in [2.75, 3.05) is 13.2 Å². The number of Topliss-reactive ketones (excluding diaryl/α,β-unsaturated/α-hetero) is 1. The Kier molecular flexibility index (Phi) is 4.09. The van der Waals surface area contributed by atoms with Crippen LogP contribution in [-0.2, 0) is 4.74 Å². The van der Waals surface area contributed by atoms with E-state index in [4.69, 9.17) is 9.47 Å². The van der Waals surface area contributed by atoms with Crippen LogP contribution in [-0.4, -0.2) is 30.1 Å². The fraction of sp³-hybridized carbons (Fsp3) is 0.538. The molecule has 1 fully saturated rings. The fourth-order valence-corrected chi connectivity index (χ4v) is 1.95.